The second-order valence-corrected chi connectivity index (χ2v) is 4.84. The number of hydrogen-bond acceptors (Lipinski definition) is 3. The van der Waals surface area contributed by atoms with E-state index < -0.39 is 0 Å². The molecule has 5 nitrogen and oxygen atoms in total. The maximum absolute atomic E-state index is 5.45. The van der Waals surface area contributed by atoms with Crippen molar-refractivity contribution < 1.29 is 9.47 Å². The van der Waals surface area contributed by atoms with Gasteiger partial charge in [-0.3, -0.25) is 4.99 Å². The van der Waals surface area contributed by atoms with Crippen LogP contribution >= 0.6 is 24.0 Å². The number of hydrogen-bond donors (Lipinski definition) is 2. The number of methoxy groups -OCH3 is 2. The summed E-state index contributed by atoms with van der Waals surface area (Å²) in [4.78, 5) is 4.20. The molecule has 0 radical (unpaired) electrons. The van der Waals surface area contributed by atoms with Crippen molar-refractivity contribution in [2.45, 2.75) is 26.3 Å². The average Bonchev–Trinajstić information content (AvgIpc) is 2.54. The number of guanidine groups is 1. The molecule has 0 heterocycles. The van der Waals surface area contributed by atoms with Gasteiger partial charge in [0.25, 0.3) is 0 Å². The molecule has 1 rings (SSSR count). The van der Waals surface area contributed by atoms with Gasteiger partial charge < -0.3 is 20.1 Å². The molecular formula is C17H28IN3O2. The minimum atomic E-state index is 0. The number of rotatable bonds is 8. The zero-order chi connectivity index (χ0) is 16.4. The first-order valence-electron chi connectivity index (χ1n) is 7.49. The van der Waals surface area contributed by atoms with E-state index >= 15 is 0 Å². The molecule has 23 heavy (non-hydrogen) atoms. The molecule has 0 fully saturated rings. The third kappa shape index (κ3) is 6.68. The Morgan fingerprint density at radius 1 is 1.26 bits per heavy atom. The van der Waals surface area contributed by atoms with Crippen molar-refractivity contribution in [3.8, 4) is 11.5 Å². The smallest absolute Gasteiger partial charge is 0.191 e. The Bertz CT molecular complexity index is 519. The average molecular weight is 433 g/mol. The summed E-state index contributed by atoms with van der Waals surface area (Å²) in [5, 5.41) is 6.54. The monoisotopic (exact) mass is 433 g/mol. The van der Waals surface area contributed by atoms with Crippen molar-refractivity contribution in [3.05, 3.63) is 35.9 Å². The van der Waals surface area contributed by atoms with Crippen molar-refractivity contribution in [2.75, 3.05) is 27.8 Å². The molecule has 6 heteroatoms. The second kappa shape index (κ2) is 12.0. The van der Waals surface area contributed by atoms with Gasteiger partial charge in [0, 0.05) is 25.7 Å². The van der Waals surface area contributed by atoms with E-state index in [0.29, 0.717) is 6.54 Å². The quantitative estimate of drug-likeness (QED) is 0.286. The van der Waals surface area contributed by atoms with Crippen molar-refractivity contribution in [1.29, 1.82) is 0 Å². The highest BCUT2D eigenvalue weighted by Gasteiger charge is 2.11. The van der Waals surface area contributed by atoms with Crippen LogP contribution in [0.15, 0.2) is 29.8 Å². The number of halogens is 1. The van der Waals surface area contributed by atoms with Gasteiger partial charge in [0.1, 0.15) is 0 Å². The van der Waals surface area contributed by atoms with Gasteiger partial charge in [-0.05, 0) is 30.5 Å². The van der Waals surface area contributed by atoms with Crippen LogP contribution in [-0.2, 0) is 13.0 Å². The fourth-order valence-corrected chi connectivity index (χ4v) is 2.17. The van der Waals surface area contributed by atoms with Gasteiger partial charge in [0.2, 0.25) is 0 Å². The molecule has 0 aliphatic rings. The highest BCUT2D eigenvalue weighted by molar-refractivity contribution is 14.0. The normalized spacial score (nSPS) is 10.5. The Morgan fingerprint density at radius 3 is 2.52 bits per heavy atom. The number of ether oxygens (including phenoxy) is 2. The molecule has 0 saturated heterocycles. The summed E-state index contributed by atoms with van der Waals surface area (Å²) in [7, 11) is 5.07. The Morgan fingerprint density at radius 2 is 2.00 bits per heavy atom. The molecule has 0 spiro atoms. The van der Waals surface area contributed by atoms with Crippen LogP contribution in [0, 0.1) is 0 Å². The lowest BCUT2D eigenvalue weighted by Gasteiger charge is -2.16. The van der Waals surface area contributed by atoms with Crippen molar-refractivity contribution in [2.24, 2.45) is 4.99 Å². The molecule has 0 aliphatic carbocycles. The number of benzene rings is 1. The standard InChI is InChI=1S/C17H27N3O2.HI/c1-6-8-14-10-13(11-15(21-4)16(14)22-5)12-20-17(18-3)19-9-7-2;/h6,10-11H,1,7-9,12H2,2-5H3,(H2,18,19,20);1H. The molecule has 0 unspecified atom stereocenters. The first-order chi connectivity index (χ1) is 10.7. The molecule has 130 valence electrons. The molecule has 0 saturated carbocycles. The van der Waals surface area contributed by atoms with E-state index in [2.05, 4.69) is 35.2 Å². The molecule has 2 N–H and O–H groups in total. The summed E-state index contributed by atoms with van der Waals surface area (Å²) in [6, 6.07) is 4.08. The summed E-state index contributed by atoms with van der Waals surface area (Å²) >= 11 is 0. The number of allylic oxidation sites excluding steroid dienone is 1. The van der Waals surface area contributed by atoms with Crippen molar-refractivity contribution >= 4 is 29.9 Å². The summed E-state index contributed by atoms with van der Waals surface area (Å²) in [6.45, 7) is 7.47. The number of nitrogens with one attached hydrogen (secondary N) is 2. The van der Waals surface area contributed by atoms with Gasteiger partial charge >= 0.3 is 0 Å². The van der Waals surface area contributed by atoms with Gasteiger partial charge in [-0.25, -0.2) is 0 Å². The molecule has 0 bridgehead atoms. The Hall–Kier alpha value is -1.44. The van der Waals surface area contributed by atoms with Crippen LogP contribution in [0.25, 0.3) is 0 Å². The highest BCUT2D eigenvalue weighted by atomic mass is 127. The van der Waals surface area contributed by atoms with E-state index in [1.165, 1.54) is 0 Å². The van der Waals surface area contributed by atoms with Gasteiger partial charge in [-0.15, -0.1) is 30.6 Å². The summed E-state index contributed by atoms with van der Waals surface area (Å²) < 4.78 is 10.9. The van der Waals surface area contributed by atoms with Gasteiger partial charge in [-0.2, -0.15) is 0 Å². The van der Waals surface area contributed by atoms with Crippen LogP contribution in [0.4, 0.5) is 0 Å². The van der Waals surface area contributed by atoms with Crippen molar-refractivity contribution in [3.63, 3.8) is 0 Å². The van der Waals surface area contributed by atoms with Crippen LogP contribution in [0.2, 0.25) is 0 Å². The Balaban J connectivity index is 0.00000484. The fraction of sp³-hybridized carbons (Fsp3) is 0.471. The first-order valence-corrected chi connectivity index (χ1v) is 7.49. The largest absolute Gasteiger partial charge is 0.493 e. The number of aliphatic imine (C=N–C) groups is 1. The van der Waals surface area contributed by atoms with Gasteiger partial charge in [0.05, 0.1) is 14.2 Å². The third-order valence-electron chi connectivity index (χ3n) is 3.21. The van der Waals surface area contributed by atoms with E-state index in [0.717, 1.165) is 48.0 Å². The summed E-state index contributed by atoms with van der Waals surface area (Å²) in [5.41, 5.74) is 2.17. The van der Waals surface area contributed by atoms with E-state index in [4.69, 9.17) is 9.47 Å². The summed E-state index contributed by atoms with van der Waals surface area (Å²) in [5.74, 6) is 2.29. The molecular weight excluding hydrogens is 405 g/mol. The highest BCUT2D eigenvalue weighted by Crippen LogP contribution is 2.33. The van der Waals surface area contributed by atoms with Crippen LogP contribution in [0.1, 0.15) is 24.5 Å². The van der Waals surface area contributed by atoms with Crippen molar-refractivity contribution in [1.82, 2.24) is 10.6 Å². The molecule has 1 aromatic rings. The van der Waals surface area contributed by atoms with Crippen LogP contribution in [-0.4, -0.2) is 33.8 Å². The van der Waals surface area contributed by atoms with E-state index in [9.17, 15) is 0 Å². The predicted octanol–water partition coefficient (Wildman–Crippen LogP) is 3.13. The minimum absolute atomic E-state index is 0. The molecule has 0 aliphatic heterocycles. The summed E-state index contributed by atoms with van der Waals surface area (Å²) in [6.07, 6.45) is 3.65. The lowest BCUT2D eigenvalue weighted by atomic mass is 10.1. The second-order valence-electron chi connectivity index (χ2n) is 4.84. The maximum atomic E-state index is 5.45. The van der Waals surface area contributed by atoms with Crippen LogP contribution in [0.3, 0.4) is 0 Å². The SMILES string of the molecule is C=CCc1cc(CNC(=NC)NCCC)cc(OC)c1OC.I. The first kappa shape index (κ1) is 21.6. The third-order valence-corrected chi connectivity index (χ3v) is 3.21. The topological polar surface area (TPSA) is 54.9 Å². The van der Waals surface area contributed by atoms with Gasteiger partial charge in [-0.1, -0.05) is 13.0 Å². The molecule has 1 aromatic carbocycles. The maximum Gasteiger partial charge on any atom is 0.191 e. The molecule has 0 aromatic heterocycles. The van der Waals surface area contributed by atoms with Crippen LogP contribution in [0.5, 0.6) is 11.5 Å². The van der Waals surface area contributed by atoms with E-state index in [1.54, 1.807) is 21.3 Å². The van der Waals surface area contributed by atoms with Crippen LogP contribution < -0.4 is 20.1 Å². The minimum Gasteiger partial charge on any atom is -0.493 e. The Labute approximate surface area is 156 Å². The lowest BCUT2D eigenvalue weighted by Crippen LogP contribution is -2.37. The van der Waals surface area contributed by atoms with E-state index in [-0.39, 0.29) is 24.0 Å². The zero-order valence-electron chi connectivity index (χ0n) is 14.4. The van der Waals surface area contributed by atoms with Gasteiger partial charge in [0.15, 0.2) is 17.5 Å². The lowest BCUT2D eigenvalue weighted by molar-refractivity contribution is 0.352. The number of nitrogens with zero attached hydrogens (tertiary/aromatic N) is 1. The van der Waals surface area contributed by atoms with E-state index in [1.807, 2.05) is 12.1 Å². The molecule has 0 atom stereocenters. The Kier molecular flexibility index (Phi) is 11.3. The fourth-order valence-electron chi connectivity index (χ4n) is 2.17. The zero-order valence-corrected chi connectivity index (χ0v) is 16.8. The molecule has 0 amide bonds. The predicted molar refractivity (Wildman–Crippen MR) is 107 cm³/mol.